The maximum Gasteiger partial charge on any atom is 0.236 e. The van der Waals surface area contributed by atoms with Crippen LogP contribution < -0.4 is 5.32 Å². The number of pyridine rings is 1. The number of aromatic nitrogens is 3. The summed E-state index contributed by atoms with van der Waals surface area (Å²) in [7, 11) is 0. The van der Waals surface area contributed by atoms with Crippen LogP contribution in [-0.4, -0.2) is 56.8 Å². The molecule has 1 amide bonds. The van der Waals surface area contributed by atoms with E-state index < -0.39 is 0 Å². The molecule has 0 aliphatic carbocycles. The van der Waals surface area contributed by atoms with Crippen molar-refractivity contribution in [1.82, 2.24) is 24.8 Å². The molecule has 2 aromatic heterocycles. The molecule has 1 aliphatic heterocycles. The lowest BCUT2D eigenvalue weighted by atomic mass is 10.1. The summed E-state index contributed by atoms with van der Waals surface area (Å²) in [4.78, 5) is 30.1. The zero-order valence-corrected chi connectivity index (χ0v) is 16.4. The molecular formula is C20H28N6O. The van der Waals surface area contributed by atoms with Gasteiger partial charge in [-0.15, -0.1) is 0 Å². The summed E-state index contributed by atoms with van der Waals surface area (Å²) < 4.78 is 0. The minimum absolute atomic E-state index is 0.129. The van der Waals surface area contributed by atoms with Gasteiger partial charge >= 0.3 is 0 Å². The van der Waals surface area contributed by atoms with Gasteiger partial charge in [0.1, 0.15) is 11.6 Å². The molecule has 7 nitrogen and oxygen atoms in total. The van der Waals surface area contributed by atoms with Gasteiger partial charge in [0.25, 0.3) is 0 Å². The minimum Gasteiger partial charge on any atom is -0.342 e. The summed E-state index contributed by atoms with van der Waals surface area (Å²) >= 11 is 0. The van der Waals surface area contributed by atoms with Crippen LogP contribution in [0.2, 0.25) is 0 Å². The Kier molecular flexibility index (Phi) is 6.34. The molecule has 7 heteroatoms. The highest BCUT2D eigenvalue weighted by molar-refractivity contribution is 5.78. The van der Waals surface area contributed by atoms with Crippen molar-refractivity contribution < 1.29 is 4.79 Å². The fourth-order valence-corrected chi connectivity index (χ4v) is 3.55. The van der Waals surface area contributed by atoms with Crippen molar-refractivity contribution in [2.75, 3.05) is 31.5 Å². The Labute approximate surface area is 160 Å². The summed E-state index contributed by atoms with van der Waals surface area (Å²) in [5.41, 5.74) is 1.85. The predicted molar refractivity (Wildman–Crippen MR) is 106 cm³/mol. The second kappa shape index (κ2) is 8.90. The molecule has 1 atom stereocenters. The van der Waals surface area contributed by atoms with Gasteiger partial charge in [-0.25, -0.2) is 9.97 Å². The van der Waals surface area contributed by atoms with E-state index in [4.69, 9.17) is 4.98 Å². The molecule has 3 rings (SSSR count). The van der Waals surface area contributed by atoms with E-state index in [9.17, 15) is 4.79 Å². The highest BCUT2D eigenvalue weighted by Gasteiger charge is 2.30. The van der Waals surface area contributed by atoms with Crippen LogP contribution in [0.5, 0.6) is 0 Å². The Morgan fingerprint density at radius 2 is 2.04 bits per heavy atom. The van der Waals surface area contributed by atoms with Crippen LogP contribution in [-0.2, 0) is 4.79 Å². The monoisotopic (exact) mass is 368 g/mol. The maximum absolute atomic E-state index is 12.5. The number of nitrogens with zero attached hydrogens (tertiary/aromatic N) is 5. The third-order valence-corrected chi connectivity index (χ3v) is 4.96. The van der Waals surface area contributed by atoms with Gasteiger partial charge < -0.3 is 10.2 Å². The van der Waals surface area contributed by atoms with E-state index in [2.05, 4.69) is 20.2 Å². The summed E-state index contributed by atoms with van der Waals surface area (Å²) in [6.07, 6.45) is 5.56. The smallest absolute Gasteiger partial charge is 0.236 e. The van der Waals surface area contributed by atoms with Crippen molar-refractivity contribution in [3.05, 3.63) is 42.0 Å². The van der Waals surface area contributed by atoms with Crippen LogP contribution in [0.25, 0.3) is 0 Å². The van der Waals surface area contributed by atoms with Crippen LogP contribution in [0.1, 0.15) is 44.1 Å². The lowest BCUT2D eigenvalue weighted by Crippen LogP contribution is -2.40. The van der Waals surface area contributed by atoms with Crippen molar-refractivity contribution in [3.8, 4) is 0 Å². The molecule has 1 N–H and O–H groups in total. The van der Waals surface area contributed by atoms with Crippen LogP contribution in [0.15, 0.2) is 30.6 Å². The molecule has 2 aromatic rings. The molecule has 27 heavy (non-hydrogen) atoms. The lowest BCUT2D eigenvalue weighted by molar-refractivity contribution is -0.132. The van der Waals surface area contributed by atoms with Crippen LogP contribution >= 0.6 is 0 Å². The maximum atomic E-state index is 12.5. The Morgan fingerprint density at radius 3 is 2.78 bits per heavy atom. The predicted octanol–water partition coefficient (Wildman–Crippen LogP) is 2.93. The van der Waals surface area contributed by atoms with Gasteiger partial charge in [-0.1, -0.05) is 6.07 Å². The van der Waals surface area contributed by atoms with Gasteiger partial charge in [0.05, 0.1) is 30.7 Å². The van der Waals surface area contributed by atoms with E-state index in [0.717, 1.165) is 49.7 Å². The molecule has 144 valence electrons. The van der Waals surface area contributed by atoms with Crippen LogP contribution in [0.3, 0.4) is 0 Å². The second-order valence-corrected chi connectivity index (χ2v) is 6.81. The molecule has 1 saturated heterocycles. The molecule has 1 aliphatic rings. The van der Waals surface area contributed by atoms with Crippen LogP contribution in [0, 0.1) is 6.92 Å². The van der Waals surface area contributed by atoms with Crippen LogP contribution in [0.4, 0.5) is 11.6 Å². The number of rotatable bonds is 7. The fraction of sp³-hybridized carbons (Fsp3) is 0.500. The first kappa shape index (κ1) is 19.2. The van der Waals surface area contributed by atoms with E-state index in [0.29, 0.717) is 12.4 Å². The fourth-order valence-electron chi connectivity index (χ4n) is 3.55. The molecule has 0 spiro atoms. The quantitative estimate of drug-likeness (QED) is 0.810. The lowest BCUT2D eigenvalue weighted by Gasteiger charge is -2.27. The van der Waals surface area contributed by atoms with E-state index in [-0.39, 0.29) is 11.9 Å². The third-order valence-electron chi connectivity index (χ3n) is 4.96. The van der Waals surface area contributed by atoms with Gasteiger partial charge in [0, 0.05) is 18.8 Å². The number of aryl methyl sites for hydroxylation is 1. The topological polar surface area (TPSA) is 74.2 Å². The number of anilines is 2. The van der Waals surface area contributed by atoms with Gasteiger partial charge in [-0.2, -0.15) is 0 Å². The first-order valence-electron chi connectivity index (χ1n) is 9.65. The first-order chi connectivity index (χ1) is 13.1. The first-order valence-corrected chi connectivity index (χ1v) is 9.65. The zero-order valence-electron chi connectivity index (χ0n) is 16.4. The highest BCUT2D eigenvalue weighted by Crippen LogP contribution is 2.31. The second-order valence-electron chi connectivity index (χ2n) is 6.81. The SMILES string of the molecule is CCN(CC)C(=O)CN1CCCC1c1cncc(Nc2cccc(C)n2)n1. The minimum atomic E-state index is 0.129. The van der Waals surface area contributed by atoms with Gasteiger partial charge in [0.2, 0.25) is 5.91 Å². The number of likely N-dealkylation sites (tertiary alicyclic amines) is 1. The highest BCUT2D eigenvalue weighted by atomic mass is 16.2. The van der Waals surface area contributed by atoms with E-state index >= 15 is 0 Å². The molecule has 1 fully saturated rings. The number of carbonyl (C=O) groups excluding carboxylic acids is 1. The zero-order chi connectivity index (χ0) is 19.2. The summed E-state index contributed by atoms with van der Waals surface area (Å²) in [5, 5.41) is 3.22. The van der Waals surface area contributed by atoms with Crippen molar-refractivity contribution in [1.29, 1.82) is 0 Å². The molecule has 0 bridgehead atoms. The van der Waals surface area contributed by atoms with Crippen molar-refractivity contribution >= 4 is 17.5 Å². The Balaban J connectivity index is 1.72. The van der Waals surface area contributed by atoms with Crippen molar-refractivity contribution in [2.24, 2.45) is 0 Å². The number of carbonyl (C=O) groups is 1. The number of hydrogen-bond donors (Lipinski definition) is 1. The Hall–Kier alpha value is -2.54. The van der Waals surface area contributed by atoms with Gasteiger partial charge in [0.15, 0.2) is 0 Å². The average molecular weight is 368 g/mol. The van der Waals surface area contributed by atoms with E-state index in [1.54, 1.807) is 12.4 Å². The number of hydrogen-bond acceptors (Lipinski definition) is 6. The normalized spacial score (nSPS) is 17.1. The Morgan fingerprint density at radius 1 is 1.22 bits per heavy atom. The number of likely N-dealkylation sites (N-methyl/N-ethyl adjacent to an activating group) is 1. The van der Waals surface area contributed by atoms with E-state index in [1.807, 2.05) is 43.9 Å². The molecule has 1 unspecified atom stereocenters. The average Bonchev–Trinajstić information content (AvgIpc) is 3.11. The molecule has 0 aromatic carbocycles. The molecule has 0 radical (unpaired) electrons. The number of nitrogens with one attached hydrogen (secondary N) is 1. The summed E-state index contributed by atoms with van der Waals surface area (Å²) in [5.74, 6) is 1.60. The van der Waals surface area contributed by atoms with Gasteiger partial charge in [-0.3, -0.25) is 14.7 Å². The summed E-state index contributed by atoms with van der Waals surface area (Å²) in [6.45, 7) is 8.83. The standard InChI is InChI=1S/C20H28N6O/c1-4-25(5-2)20(27)14-26-11-7-9-17(26)16-12-21-13-19(23-16)24-18-10-6-8-15(3)22-18/h6,8,10,12-13,17H,4-5,7,9,11,14H2,1-3H3,(H,22,23,24). The molecule has 3 heterocycles. The largest absolute Gasteiger partial charge is 0.342 e. The van der Waals surface area contributed by atoms with E-state index in [1.165, 1.54) is 0 Å². The van der Waals surface area contributed by atoms with Crippen molar-refractivity contribution in [2.45, 2.75) is 39.7 Å². The van der Waals surface area contributed by atoms with Crippen molar-refractivity contribution in [3.63, 3.8) is 0 Å². The molecule has 0 saturated carbocycles. The third kappa shape index (κ3) is 4.80. The summed E-state index contributed by atoms with van der Waals surface area (Å²) in [6, 6.07) is 5.95. The molecular weight excluding hydrogens is 340 g/mol. The number of amides is 1. The Bertz CT molecular complexity index is 777. The van der Waals surface area contributed by atoms with Gasteiger partial charge in [-0.05, 0) is 52.3 Å².